The number of Topliss-reactive ketones (excluding diaryl/α,β-unsaturated/α-hetero) is 1. The Morgan fingerprint density at radius 1 is 1.47 bits per heavy atom. The van der Waals surface area contributed by atoms with E-state index in [0.29, 0.717) is 5.56 Å². The van der Waals surface area contributed by atoms with Crippen molar-refractivity contribution in [2.45, 2.75) is 26.4 Å². The Bertz CT molecular complexity index is 384. The van der Waals surface area contributed by atoms with Crippen molar-refractivity contribution in [1.29, 1.82) is 0 Å². The number of carbonyl (C=O) groups excluding carboxylic acids is 1. The van der Waals surface area contributed by atoms with Crippen LogP contribution < -0.4 is 0 Å². The molecule has 0 heterocycles. The predicted molar refractivity (Wildman–Crippen MR) is 57.9 cm³/mol. The molecule has 0 aromatic heterocycles. The van der Waals surface area contributed by atoms with Crippen molar-refractivity contribution in [2.24, 2.45) is 0 Å². The summed E-state index contributed by atoms with van der Waals surface area (Å²) in [6, 6.07) is 5.18. The van der Waals surface area contributed by atoms with Gasteiger partial charge in [-0.05, 0) is 32.4 Å². The van der Waals surface area contributed by atoms with Crippen LogP contribution in [0.2, 0.25) is 0 Å². The Hall–Kier alpha value is -1.35. The molecule has 0 bridgehead atoms. The van der Waals surface area contributed by atoms with Crippen LogP contribution in [0.15, 0.2) is 18.2 Å². The fourth-order valence-corrected chi connectivity index (χ4v) is 1.49. The van der Waals surface area contributed by atoms with Crippen LogP contribution in [-0.2, 0) is 15.1 Å². The molecule has 0 spiro atoms. The average Bonchev–Trinajstić information content (AvgIpc) is 2.16. The first-order chi connectivity index (χ1) is 6.91. The molecule has 0 aliphatic carbocycles. The lowest BCUT2D eigenvalue weighted by Gasteiger charge is -2.26. The van der Waals surface area contributed by atoms with Gasteiger partial charge in [0.1, 0.15) is 5.75 Å². The van der Waals surface area contributed by atoms with Crippen LogP contribution in [0.25, 0.3) is 0 Å². The third-order valence-electron chi connectivity index (χ3n) is 2.75. The molecule has 0 aliphatic rings. The molecule has 0 saturated heterocycles. The van der Waals surface area contributed by atoms with Crippen molar-refractivity contribution in [3.63, 3.8) is 0 Å². The van der Waals surface area contributed by atoms with Crippen molar-refractivity contribution in [1.82, 2.24) is 0 Å². The summed E-state index contributed by atoms with van der Waals surface area (Å²) in [5.74, 6) is -0.0429. The molecule has 82 valence electrons. The van der Waals surface area contributed by atoms with Crippen molar-refractivity contribution in [2.75, 3.05) is 7.11 Å². The highest BCUT2D eigenvalue weighted by atomic mass is 16.5. The third-order valence-corrected chi connectivity index (χ3v) is 2.75. The fraction of sp³-hybridized carbons (Fsp3) is 0.417. The van der Waals surface area contributed by atoms with Crippen LogP contribution in [0.5, 0.6) is 5.75 Å². The zero-order valence-electron chi connectivity index (χ0n) is 9.50. The van der Waals surface area contributed by atoms with Crippen LogP contribution in [-0.4, -0.2) is 18.0 Å². The molecule has 1 aromatic rings. The number of methoxy groups -OCH3 is 1. The zero-order valence-corrected chi connectivity index (χ0v) is 9.50. The molecule has 0 radical (unpaired) electrons. The fourth-order valence-electron chi connectivity index (χ4n) is 1.49. The van der Waals surface area contributed by atoms with E-state index in [4.69, 9.17) is 4.74 Å². The molecule has 1 rings (SSSR count). The SMILES string of the molecule is COC(C)(C(C)=O)c1ccc(C)cc1O. The molecule has 3 nitrogen and oxygen atoms in total. The smallest absolute Gasteiger partial charge is 0.165 e. The molecule has 0 saturated carbocycles. The van der Waals surface area contributed by atoms with Gasteiger partial charge in [0.05, 0.1) is 0 Å². The largest absolute Gasteiger partial charge is 0.508 e. The second-order valence-electron chi connectivity index (χ2n) is 3.81. The predicted octanol–water partition coefficient (Wildman–Crippen LogP) is 2.15. The Morgan fingerprint density at radius 2 is 2.07 bits per heavy atom. The minimum Gasteiger partial charge on any atom is -0.508 e. The van der Waals surface area contributed by atoms with Crippen LogP contribution in [0, 0.1) is 6.92 Å². The van der Waals surface area contributed by atoms with Crippen molar-refractivity contribution in [3.8, 4) is 5.75 Å². The van der Waals surface area contributed by atoms with Crippen molar-refractivity contribution < 1.29 is 14.6 Å². The maximum absolute atomic E-state index is 11.5. The summed E-state index contributed by atoms with van der Waals surface area (Å²) in [7, 11) is 1.46. The number of hydrogen-bond donors (Lipinski definition) is 1. The summed E-state index contributed by atoms with van der Waals surface area (Å²) in [5, 5.41) is 9.77. The number of phenols is 1. The summed E-state index contributed by atoms with van der Waals surface area (Å²) in [6.07, 6.45) is 0. The number of ketones is 1. The highest BCUT2D eigenvalue weighted by Crippen LogP contribution is 2.33. The van der Waals surface area contributed by atoms with E-state index in [-0.39, 0.29) is 11.5 Å². The van der Waals surface area contributed by atoms with E-state index in [1.165, 1.54) is 14.0 Å². The van der Waals surface area contributed by atoms with E-state index in [1.807, 2.05) is 13.0 Å². The highest BCUT2D eigenvalue weighted by molar-refractivity contribution is 5.86. The average molecular weight is 208 g/mol. The maximum atomic E-state index is 11.5. The molecule has 3 heteroatoms. The van der Waals surface area contributed by atoms with Gasteiger partial charge in [-0.1, -0.05) is 12.1 Å². The molecule has 0 amide bonds. The second kappa shape index (κ2) is 4.03. The number of hydrogen-bond acceptors (Lipinski definition) is 3. The van der Waals surface area contributed by atoms with E-state index in [0.717, 1.165) is 5.56 Å². The number of aromatic hydroxyl groups is 1. The number of carbonyl (C=O) groups is 1. The van der Waals surface area contributed by atoms with Gasteiger partial charge in [0.15, 0.2) is 11.4 Å². The van der Waals surface area contributed by atoms with Crippen LogP contribution in [0.3, 0.4) is 0 Å². The van der Waals surface area contributed by atoms with E-state index in [2.05, 4.69) is 0 Å². The Balaban J connectivity index is 3.30. The first-order valence-corrected chi connectivity index (χ1v) is 4.78. The molecule has 1 N–H and O–H groups in total. The minimum atomic E-state index is -1.07. The van der Waals surface area contributed by atoms with E-state index in [1.54, 1.807) is 19.1 Å². The lowest BCUT2D eigenvalue weighted by molar-refractivity contribution is -0.138. The summed E-state index contributed by atoms with van der Waals surface area (Å²) in [6.45, 7) is 4.98. The first kappa shape index (κ1) is 11.7. The van der Waals surface area contributed by atoms with Gasteiger partial charge in [-0.25, -0.2) is 0 Å². The van der Waals surface area contributed by atoms with E-state index in [9.17, 15) is 9.90 Å². The van der Waals surface area contributed by atoms with Gasteiger partial charge in [-0.2, -0.15) is 0 Å². The molecule has 1 aromatic carbocycles. The number of aryl methyl sites for hydroxylation is 1. The standard InChI is InChI=1S/C12H16O3/c1-8-5-6-10(11(14)7-8)12(3,15-4)9(2)13/h5-7,14H,1-4H3. The summed E-state index contributed by atoms with van der Waals surface area (Å²) in [5.41, 5.74) is 0.374. The van der Waals surface area contributed by atoms with Gasteiger partial charge in [0.25, 0.3) is 0 Å². The molecule has 0 fully saturated rings. The van der Waals surface area contributed by atoms with Crippen LogP contribution in [0.4, 0.5) is 0 Å². The normalized spacial score (nSPS) is 14.7. The second-order valence-corrected chi connectivity index (χ2v) is 3.81. The molecule has 0 aliphatic heterocycles. The molecular weight excluding hydrogens is 192 g/mol. The van der Waals surface area contributed by atoms with Gasteiger partial charge in [0.2, 0.25) is 0 Å². The molecular formula is C12H16O3. The first-order valence-electron chi connectivity index (χ1n) is 4.78. The molecule has 1 atom stereocenters. The summed E-state index contributed by atoms with van der Waals surface area (Å²) in [4.78, 5) is 11.5. The van der Waals surface area contributed by atoms with E-state index < -0.39 is 5.60 Å². The van der Waals surface area contributed by atoms with Crippen LogP contribution >= 0.6 is 0 Å². The minimum absolute atomic E-state index is 0.0922. The van der Waals surface area contributed by atoms with Gasteiger partial charge < -0.3 is 9.84 Å². The lowest BCUT2D eigenvalue weighted by atomic mass is 9.90. The zero-order chi connectivity index (χ0) is 11.6. The topological polar surface area (TPSA) is 46.5 Å². The lowest BCUT2D eigenvalue weighted by Crippen LogP contribution is -2.32. The van der Waals surface area contributed by atoms with Crippen LogP contribution in [0.1, 0.15) is 25.0 Å². The van der Waals surface area contributed by atoms with Crippen molar-refractivity contribution >= 4 is 5.78 Å². The number of phenolic OH excluding ortho intramolecular Hbond substituents is 1. The highest BCUT2D eigenvalue weighted by Gasteiger charge is 2.34. The summed E-state index contributed by atoms with van der Waals surface area (Å²) >= 11 is 0. The number of ether oxygens (including phenoxy) is 1. The summed E-state index contributed by atoms with van der Waals surface area (Å²) < 4.78 is 5.20. The van der Waals surface area contributed by atoms with Gasteiger partial charge in [-0.3, -0.25) is 4.79 Å². The molecule has 15 heavy (non-hydrogen) atoms. The van der Waals surface area contributed by atoms with Gasteiger partial charge in [-0.15, -0.1) is 0 Å². The van der Waals surface area contributed by atoms with Gasteiger partial charge in [0, 0.05) is 12.7 Å². The van der Waals surface area contributed by atoms with E-state index >= 15 is 0 Å². The number of benzene rings is 1. The Kier molecular flexibility index (Phi) is 3.15. The maximum Gasteiger partial charge on any atom is 0.165 e. The third kappa shape index (κ3) is 2.02. The molecule has 1 unspecified atom stereocenters. The monoisotopic (exact) mass is 208 g/mol. The number of rotatable bonds is 3. The van der Waals surface area contributed by atoms with Crippen molar-refractivity contribution in [3.05, 3.63) is 29.3 Å². The quantitative estimate of drug-likeness (QED) is 0.827. The Morgan fingerprint density at radius 3 is 2.47 bits per heavy atom. The Labute approximate surface area is 89.7 Å². The van der Waals surface area contributed by atoms with Gasteiger partial charge >= 0.3 is 0 Å².